The number of nitro groups is 1. The minimum absolute atomic E-state index is 0.0562. The maximum atomic E-state index is 13.5. The van der Waals surface area contributed by atoms with Crippen LogP contribution in [0.3, 0.4) is 0 Å². The maximum Gasteiger partial charge on any atom is 0.303 e. The fraction of sp³-hybridized carbons (Fsp3) is 0.417. The van der Waals surface area contributed by atoms with Gasteiger partial charge in [-0.25, -0.2) is 4.39 Å². The third kappa shape index (κ3) is 3.60. The second-order valence-corrected chi connectivity index (χ2v) is 7.03. The van der Waals surface area contributed by atoms with Crippen LogP contribution in [0, 0.1) is 24.9 Å². The van der Waals surface area contributed by atoms with E-state index in [2.05, 4.69) is 0 Å². The summed E-state index contributed by atoms with van der Waals surface area (Å²) in [4.78, 5) is 21.5. The number of carboxylic acid groups (broad SMARTS) is 1. The van der Waals surface area contributed by atoms with Crippen molar-refractivity contribution in [1.82, 2.24) is 0 Å². The summed E-state index contributed by atoms with van der Waals surface area (Å²) in [6, 6.07) is 2.36. The third-order valence-electron chi connectivity index (χ3n) is 3.22. The highest BCUT2D eigenvalue weighted by Gasteiger charge is 2.44. The quantitative estimate of drug-likeness (QED) is 0.334. The molecule has 20 heavy (non-hydrogen) atoms. The lowest BCUT2D eigenvalue weighted by molar-refractivity contribution is -0.387. The Morgan fingerprint density at radius 3 is 2.70 bits per heavy atom. The van der Waals surface area contributed by atoms with Crippen LogP contribution in [0.25, 0.3) is 0 Å². The summed E-state index contributed by atoms with van der Waals surface area (Å²) in [5, 5.41) is 19.8. The van der Waals surface area contributed by atoms with Gasteiger partial charge in [-0.2, -0.15) is 0 Å². The first-order valence-electron chi connectivity index (χ1n) is 5.81. The lowest BCUT2D eigenvalue weighted by Crippen LogP contribution is -2.11. The molecule has 1 aromatic rings. The Kier molecular flexibility index (Phi) is 4.52. The van der Waals surface area contributed by atoms with Gasteiger partial charge in [-0.05, 0) is 46.9 Å². The lowest BCUT2D eigenvalue weighted by Gasteiger charge is -2.12. The van der Waals surface area contributed by atoms with Crippen LogP contribution in [0.2, 0.25) is 0 Å². The Balaban J connectivity index is 2.15. The molecule has 0 aromatic heterocycles. The number of halogens is 2. The van der Waals surface area contributed by atoms with Crippen molar-refractivity contribution in [2.45, 2.75) is 24.2 Å². The molecular formula is C12H11FINO4S. The number of hydrogen-bond acceptors (Lipinski definition) is 4. The molecule has 0 radical (unpaired) electrons. The number of carboxylic acids is 1. The summed E-state index contributed by atoms with van der Waals surface area (Å²) in [6.07, 6.45) is 1.65. The van der Waals surface area contributed by atoms with Crippen molar-refractivity contribution < 1.29 is 19.2 Å². The number of rotatable bonds is 6. The van der Waals surface area contributed by atoms with E-state index in [9.17, 15) is 19.3 Å². The molecule has 1 aliphatic rings. The summed E-state index contributed by atoms with van der Waals surface area (Å²) in [7, 11) is 0. The van der Waals surface area contributed by atoms with Gasteiger partial charge >= 0.3 is 5.97 Å². The summed E-state index contributed by atoms with van der Waals surface area (Å²) in [5.74, 6) is -0.909. The van der Waals surface area contributed by atoms with Crippen LogP contribution in [0.4, 0.5) is 10.1 Å². The number of carbonyl (C=O) groups is 1. The number of nitro benzene ring substituents is 1. The second kappa shape index (κ2) is 5.84. The van der Waals surface area contributed by atoms with Crippen LogP contribution in [-0.4, -0.2) is 21.8 Å². The first kappa shape index (κ1) is 15.5. The predicted molar refractivity (Wildman–Crippen MR) is 80.4 cm³/mol. The van der Waals surface area contributed by atoms with E-state index in [4.69, 9.17) is 5.11 Å². The zero-order chi connectivity index (χ0) is 14.9. The fourth-order valence-electron chi connectivity index (χ4n) is 1.88. The van der Waals surface area contributed by atoms with E-state index in [-0.39, 0.29) is 26.0 Å². The molecule has 0 unspecified atom stereocenters. The van der Waals surface area contributed by atoms with Crippen molar-refractivity contribution in [3.63, 3.8) is 0 Å². The fourth-order valence-corrected chi connectivity index (χ4v) is 3.65. The van der Waals surface area contributed by atoms with Crippen LogP contribution >= 0.6 is 34.4 Å². The van der Waals surface area contributed by atoms with E-state index in [1.807, 2.05) is 0 Å². The Morgan fingerprint density at radius 2 is 2.20 bits per heavy atom. The summed E-state index contributed by atoms with van der Waals surface area (Å²) in [5.41, 5.74) is -0.420. The van der Waals surface area contributed by atoms with Crippen molar-refractivity contribution in [1.29, 1.82) is 0 Å². The van der Waals surface area contributed by atoms with Gasteiger partial charge in [0, 0.05) is 11.8 Å². The molecule has 0 amide bonds. The minimum Gasteiger partial charge on any atom is -0.481 e. The predicted octanol–water partition coefficient (Wildman–Crippen LogP) is 3.69. The van der Waals surface area contributed by atoms with Crippen molar-refractivity contribution in [3.05, 3.63) is 31.6 Å². The maximum absolute atomic E-state index is 13.5. The van der Waals surface area contributed by atoms with Crippen molar-refractivity contribution in [2.75, 3.05) is 5.75 Å². The molecule has 108 valence electrons. The zero-order valence-corrected chi connectivity index (χ0v) is 13.2. The molecule has 8 heteroatoms. The molecule has 1 fully saturated rings. The van der Waals surface area contributed by atoms with Crippen LogP contribution in [0.15, 0.2) is 17.0 Å². The standard InChI is InChI=1S/C12H11FINO4S/c13-7-3-10(9(15(18)19)4-8(7)14)20-6-12(1-2-12)5-11(16)17/h3-4H,1-2,5-6H2,(H,16,17). The number of benzene rings is 1. The smallest absolute Gasteiger partial charge is 0.303 e. The van der Waals surface area contributed by atoms with Gasteiger partial charge in [0.15, 0.2) is 0 Å². The van der Waals surface area contributed by atoms with Crippen molar-refractivity contribution in [2.24, 2.45) is 5.41 Å². The van der Waals surface area contributed by atoms with Gasteiger partial charge < -0.3 is 5.11 Å². The summed E-state index contributed by atoms with van der Waals surface area (Å²) >= 11 is 2.87. The van der Waals surface area contributed by atoms with E-state index in [1.54, 1.807) is 22.6 Å². The van der Waals surface area contributed by atoms with E-state index in [1.165, 1.54) is 6.07 Å². The molecule has 1 N–H and O–H groups in total. The average molecular weight is 411 g/mol. The molecular weight excluding hydrogens is 400 g/mol. The van der Waals surface area contributed by atoms with Crippen LogP contribution < -0.4 is 0 Å². The molecule has 1 saturated carbocycles. The molecule has 0 spiro atoms. The highest BCUT2D eigenvalue weighted by atomic mass is 127. The molecule has 5 nitrogen and oxygen atoms in total. The number of aliphatic carboxylic acids is 1. The van der Waals surface area contributed by atoms with Crippen molar-refractivity contribution >= 4 is 46.0 Å². The molecule has 0 bridgehead atoms. The molecule has 1 aromatic carbocycles. The van der Waals surface area contributed by atoms with Gasteiger partial charge in [-0.15, -0.1) is 11.8 Å². The highest BCUT2D eigenvalue weighted by molar-refractivity contribution is 14.1. The highest BCUT2D eigenvalue weighted by Crippen LogP contribution is 2.52. The first-order chi connectivity index (χ1) is 9.33. The van der Waals surface area contributed by atoms with Gasteiger partial charge in [0.1, 0.15) is 5.82 Å². The van der Waals surface area contributed by atoms with Crippen LogP contribution in [-0.2, 0) is 4.79 Å². The largest absolute Gasteiger partial charge is 0.481 e. The van der Waals surface area contributed by atoms with E-state index >= 15 is 0 Å². The van der Waals surface area contributed by atoms with Gasteiger partial charge in [-0.1, -0.05) is 0 Å². The minimum atomic E-state index is -0.869. The van der Waals surface area contributed by atoms with Crippen molar-refractivity contribution in [3.8, 4) is 0 Å². The van der Waals surface area contributed by atoms with Gasteiger partial charge in [-0.3, -0.25) is 14.9 Å². The molecule has 1 aliphatic carbocycles. The lowest BCUT2D eigenvalue weighted by atomic mass is 10.1. The third-order valence-corrected chi connectivity index (χ3v) is 5.44. The second-order valence-electron chi connectivity index (χ2n) is 4.85. The van der Waals surface area contributed by atoms with Gasteiger partial charge in [0.05, 0.1) is 19.8 Å². The molecule has 0 heterocycles. The number of thioether (sulfide) groups is 1. The number of hydrogen-bond donors (Lipinski definition) is 1. The first-order valence-corrected chi connectivity index (χ1v) is 7.87. The number of nitrogens with zero attached hydrogens (tertiary/aromatic N) is 1. The summed E-state index contributed by atoms with van der Waals surface area (Å²) in [6.45, 7) is 0. The Bertz CT molecular complexity index is 577. The molecule has 0 atom stereocenters. The zero-order valence-electron chi connectivity index (χ0n) is 10.3. The molecule has 0 saturated heterocycles. The molecule has 2 rings (SSSR count). The SMILES string of the molecule is O=C(O)CC1(CSc2cc(F)c(I)cc2[N+](=O)[O-])CC1. The Hall–Kier alpha value is -0.900. The Morgan fingerprint density at radius 1 is 1.55 bits per heavy atom. The monoisotopic (exact) mass is 411 g/mol. The van der Waals surface area contributed by atoms with E-state index in [0.29, 0.717) is 5.75 Å². The van der Waals surface area contributed by atoms with E-state index < -0.39 is 16.7 Å². The van der Waals surface area contributed by atoms with Crippen LogP contribution in [0.1, 0.15) is 19.3 Å². The summed E-state index contributed by atoms with van der Waals surface area (Å²) < 4.78 is 13.7. The van der Waals surface area contributed by atoms with E-state index in [0.717, 1.165) is 30.7 Å². The van der Waals surface area contributed by atoms with Gasteiger partial charge in [0.2, 0.25) is 0 Å². The average Bonchev–Trinajstić information content (AvgIpc) is 3.09. The Labute approximate surface area is 132 Å². The van der Waals surface area contributed by atoms with Gasteiger partial charge in [0.25, 0.3) is 5.69 Å². The normalized spacial score (nSPS) is 15.9. The topological polar surface area (TPSA) is 80.4 Å². The molecule has 0 aliphatic heterocycles. The van der Waals surface area contributed by atoms with Crippen LogP contribution in [0.5, 0.6) is 0 Å².